The van der Waals surface area contributed by atoms with Crippen molar-refractivity contribution in [1.82, 2.24) is 30.0 Å². The first kappa shape index (κ1) is 18.3. The van der Waals surface area contributed by atoms with Crippen LogP contribution in [0.2, 0.25) is 0 Å². The molecule has 1 aromatic carbocycles. The summed E-state index contributed by atoms with van der Waals surface area (Å²) in [5, 5.41) is 11.6. The van der Waals surface area contributed by atoms with Crippen molar-refractivity contribution < 1.29 is 18.7 Å². The number of hydrogen-bond donors (Lipinski definition) is 3. The second-order valence-electron chi connectivity index (χ2n) is 6.06. The monoisotopic (exact) mass is 398 g/mol. The van der Waals surface area contributed by atoms with Gasteiger partial charge in [-0.05, 0) is 13.0 Å². The number of amides is 3. The second kappa shape index (κ2) is 7.50. The van der Waals surface area contributed by atoms with Crippen molar-refractivity contribution in [2.24, 2.45) is 0 Å². The molecule has 0 fully saturated rings. The second-order valence-corrected chi connectivity index (χ2v) is 6.06. The van der Waals surface area contributed by atoms with E-state index in [2.05, 4.69) is 36.0 Å². The van der Waals surface area contributed by atoms with E-state index in [0.717, 1.165) is 6.07 Å². The summed E-state index contributed by atoms with van der Waals surface area (Å²) >= 11 is 0. The lowest BCUT2D eigenvalue weighted by atomic mass is 10.2. The highest BCUT2D eigenvalue weighted by Crippen LogP contribution is 2.32. The maximum atomic E-state index is 14.3. The van der Waals surface area contributed by atoms with Gasteiger partial charge in [0.2, 0.25) is 0 Å². The highest BCUT2D eigenvalue weighted by atomic mass is 19.1. The highest BCUT2D eigenvalue weighted by molar-refractivity contribution is 5.97. The normalized spacial score (nSPS) is 13.7. The number of hydrogen-bond acceptors (Lipinski definition) is 7. The molecule has 1 unspecified atom stereocenters. The van der Waals surface area contributed by atoms with E-state index in [4.69, 9.17) is 4.74 Å². The van der Waals surface area contributed by atoms with Crippen molar-refractivity contribution >= 4 is 23.3 Å². The molecule has 0 saturated carbocycles. The van der Waals surface area contributed by atoms with Crippen LogP contribution in [0.1, 0.15) is 18.8 Å². The lowest BCUT2D eigenvalue weighted by Gasteiger charge is -2.20. The zero-order chi connectivity index (χ0) is 20.4. The van der Waals surface area contributed by atoms with Gasteiger partial charge in [0.05, 0.1) is 17.4 Å². The van der Waals surface area contributed by atoms with E-state index < -0.39 is 17.9 Å². The Hall–Kier alpha value is -4.09. The number of nitrogens with zero attached hydrogens (tertiary/aromatic N) is 5. The number of rotatable bonds is 4. The molecule has 0 saturated heterocycles. The third kappa shape index (κ3) is 3.81. The van der Waals surface area contributed by atoms with Crippen LogP contribution in [0, 0.1) is 5.82 Å². The van der Waals surface area contributed by atoms with Crippen molar-refractivity contribution in [2.45, 2.75) is 13.0 Å². The number of carbonyl (C=O) groups is 2. The summed E-state index contributed by atoms with van der Waals surface area (Å²) in [6.07, 6.45) is 4.43. The van der Waals surface area contributed by atoms with Gasteiger partial charge in [0, 0.05) is 24.5 Å². The van der Waals surface area contributed by atoms with Gasteiger partial charge >= 0.3 is 6.03 Å². The van der Waals surface area contributed by atoms with Gasteiger partial charge in [-0.3, -0.25) is 4.79 Å². The van der Waals surface area contributed by atoms with Gasteiger partial charge in [-0.2, -0.15) is 9.78 Å². The lowest BCUT2D eigenvalue weighted by Crippen LogP contribution is -2.33. The van der Waals surface area contributed by atoms with Gasteiger partial charge in [0.15, 0.2) is 12.4 Å². The number of fused-ring (bicyclic) bond motifs is 1. The molecule has 2 aromatic heterocycles. The number of carbonyl (C=O) groups excluding carboxylic acids is 2. The first-order chi connectivity index (χ1) is 14.0. The number of anilines is 2. The SMILES string of the molecule is CC(NC(=O)Nc1cc2c(cc1F)NC(=O)CO2)c1ncnn1-c1ncccn1. The third-order valence-electron chi connectivity index (χ3n) is 4.00. The largest absolute Gasteiger partial charge is 0.481 e. The molecule has 1 aliphatic heterocycles. The van der Waals surface area contributed by atoms with Crippen LogP contribution in [0.4, 0.5) is 20.6 Å². The molecule has 3 amide bonds. The Morgan fingerprint density at radius 3 is 2.90 bits per heavy atom. The van der Waals surface area contributed by atoms with Crippen LogP contribution in [0.3, 0.4) is 0 Å². The standard InChI is InChI=1S/C17H15FN8O3/c1-9(15-21-8-22-26(15)16-19-3-2-4-20-16)23-17(28)25-11-6-13-12(5-10(11)18)24-14(27)7-29-13/h2-6,8-9H,7H2,1H3,(H,24,27)(H2,23,25,28). The van der Waals surface area contributed by atoms with Crippen molar-refractivity contribution in [2.75, 3.05) is 17.2 Å². The van der Waals surface area contributed by atoms with Gasteiger partial charge in [-0.1, -0.05) is 0 Å². The Bertz CT molecular complexity index is 1070. The number of aromatic nitrogens is 5. The van der Waals surface area contributed by atoms with E-state index in [1.807, 2.05) is 0 Å². The predicted molar refractivity (Wildman–Crippen MR) is 98.0 cm³/mol. The van der Waals surface area contributed by atoms with E-state index in [0.29, 0.717) is 11.8 Å². The third-order valence-corrected chi connectivity index (χ3v) is 4.00. The van der Waals surface area contributed by atoms with Crippen LogP contribution in [-0.4, -0.2) is 43.3 Å². The Morgan fingerprint density at radius 2 is 2.10 bits per heavy atom. The van der Waals surface area contributed by atoms with E-state index in [-0.39, 0.29) is 29.6 Å². The van der Waals surface area contributed by atoms with Crippen LogP contribution in [0.25, 0.3) is 5.95 Å². The van der Waals surface area contributed by atoms with Crippen LogP contribution < -0.4 is 20.7 Å². The quantitative estimate of drug-likeness (QED) is 0.604. The molecule has 0 aliphatic carbocycles. The number of nitrogens with one attached hydrogen (secondary N) is 3. The number of halogens is 1. The summed E-state index contributed by atoms with van der Waals surface area (Å²) in [7, 11) is 0. The minimum atomic E-state index is -0.724. The average molecular weight is 398 g/mol. The molecule has 12 heteroatoms. The Morgan fingerprint density at radius 1 is 1.31 bits per heavy atom. The van der Waals surface area contributed by atoms with Gasteiger partial charge < -0.3 is 20.7 Å². The summed E-state index contributed by atoms with van der Waals surface area (Å²) < 4.78 is 20.9. The highest BCUT2D eigenvalue weighted by Gasteiger charge is 2.21. The molecule has 1 atom stereocenters. The maximum Gasteiger partial charge on any atom is 0.319 e. The number of ether oxygens (including phenoxy) is 1. The van der Waals surface area contributed by atoms with Crippen LogP contribution in [0.15, 0.2) is 36.9 Å². The molecular formula is C17H15FN8O3. The molecule has 148 valence electrons. The Balaban J connectivity index is 1.47. The molecule has 0 bridgehead atoms. The fraction of sp³-hybridized carbons (Fsp3) is 0.176. The molecule has 0 spiro atoms. The molecule has 3 aromatic rings. The first-order valence-electron chi connectivity index (χ1n) is 8.52. The van der Waals surface area contributed by atoms with E-state index in [1.54, 1.807) is 25.4 Å². The summed E-state index contributed by atoms with van der Waals surface area (Å²) in [6.45, 7) is 1.50. The predicted octanol–water partition coefficient (Wildman–Crippen LogP) is 1.41. The van der Waals surface area contributed by atoms with E-state index in [1.165, 1.54) is 17.1 Å². The molecule has 3 heterocycles. The van der Waals surface area contributed by atoms with Gasteiger partial charge in [0.25, 0.3) is 11.9 Å². The van der Waals surface area contributed by atoms with Crippen molar-refractivity contribution in [3.05, 3.63) is 48.6 Å². The van der Waals surface area contributed by atoms with Gasteiger partial charge in [-0.15, -0.1) is 0 Å². The molecule has 29 heavy (non-hydrogen) atoms. The van der Waals surface area contributed by atoms with E-state index >= 15 is 0 Å². The van der Waals surface area contributed by atoms with Gasteiger partial charge in [0.1, 0.15) is 17.9 Å². The lowest BCUT2D eigenvalue weighted by molar-refractivity contribution is -0.118. The molecule has 4 rings (SSSR count). The molecule has 11 nitrogen and oxygen atoms in total. The van der Waals surface area contributed by atoms with Crippen LogP contribution >= 0.6 is 0 Å². The number of urea groups is 1. The van der Waals surface area contributed by atoms with Crippen molar-refractivity contribution in [1.29, 1.82) is 0 Å². The van der Waals surface area contributed by atoms with Crippen molar-refractivity contribution in [3.63, 3.8) is 0 Å². The van der Waals surface area contributed by atoms with Crippen LogP contribution in [-0.2, 0) is 4.79 Å². The Labute approximate surface area is 163 Å². The average Bonchev–Trinajstić information content (AvgIpc) is 3.19. The van der Waals surface area contributed by atoms with E-state index in [9.17, 15) is 14.0 Å². The topological polar surface area (TPSA) is 136 Å². The fourth-order valence-electron chi connectivity index (χ4n) is 2.72. The zero-order valence-electron chi connectivity index (χ0n) is 15.1. The summed E-state index contributed by atoms with van der Waals surface area (Å²) in [4.78, 5) is 36.0. The minimum Gasteiger partial charge on any atom is -0.481 e. The summed E-state index contributed by atoms with van der Waals surface area (Å²) in [6, 6.07) is 2.79. The smallest absolute Gasteiger partial charge is 0.319 e. The van der Waals surface area contributed by atoms with Gasteiger partial charge in [-0.25, -0.2) is 24.1 Å². The number of benzene rings is 1. The van der Waals surface area contributed by atoms with Crippen LogP contribution in [0.5, 0.6) is 5.75 Å². The fourth-order valence-corrected chi connectivity index (χ4v) is 2.72. The maximum absolute atomic E-state index is 14.3. The molecular weight excluding hydrogens is 383 g/mol. The summed E-state index contributed by atoms with van der Waals surface area (Å²) in [5.74, 6) is -0.151. The first-order valence-corrected chi connectivity index (χ1v) is 8.52. The molecule has 0 radical (unpaired) electrons. The minimum absolute atomic E-state index is 0.0996. The zero-order valence-corrected chi connectivity index (χ0v) is 15.1. The van der Waals surface area contributed by atoms with Crippen molar-refractivity contribution in [3.8, 4) is 11.7 Å². The Kier molecular flexibility index (Phi) is 4.73. The summed E-state index contributed by atoms with van der Waals surface area (Å²) in [5.41, 5.74) is 0.103. The molecule has 3 N–H and O–H groups in total. The molecule has 1 aliphatic rings.